The molecule has 78 valence electrons. The monoisotopic (exact) mass is 214 g/mol. The molecule has 0 aliphatic heterocycles. The number of imidazole rings is 1. The molecular formula is C9H14N2O2S. The van der Waals surface area contributed by atoms with Gasteiger partial charge in [0.15, 0.2) is 5.16 Å². The minimum Gasteiger partial charge on any atom is -0.481 e. The number of hydrogen-bond donors (Lipinski definition) is 2. The quantitative estimate of drug-likeness (QED) is 0.737. The molecule has 2 N–H and O–H groups in total. The molecule has 4 nitrogen and oxygen atoms in total. The number of aromatic nitrogens is 2. The smallest absolute Gasteiger partial charge is 0.313 e. The van der Waals surface area contributed by atoms with Crippen LogP contribution in [0.15, 0.2) is 11.4 Å². The first-order valence-electron chi connectivity index (χ1n) is 4.53. The van der Waals surface area contributed by atoms with Crippen molar-refractivity contribution in [3.8, 4) is 0 Å². The standard InChI is InChI=1S/C9H14N2O2S/c1-3-6(2)7-4-10-9(11-7)14-5-8(12)13/h4,6H,3,5H2,1-2H3,(H,10,11)(H,12,13). The van der Waals surface area contributed by atoms with Crippen LogP contribution >= 0.6 is 11.8 Å². The lowest BCUT2D eigenvalue weighted by Crippen LogP contribution is -1.98. The molecule has 5 heteroatoms. The number of H-pyrrole nitrogens is 1. The highest BCUT2D eigenvalue weighted by Gasteiger charge is 2.08. The molecular weight excluding hydrogens is 200 g/mol. The Balaban J connectivity index is 2.54. The van der Waals surface area contributed by atoms with Gasteiger partial charge < -0.3 is 10.1 Å². The second kappa shape index (κ2) is 5.05. The zero-order valence-electron chi connectivity index (χ0n) is 8.28. The summed E-state index contributed by atoms with van der Waals surface area (Å²) in [5.41, 5.74) is 1.07. The number of nitrogens with one attached hydrogen (secondary N) is 1. The number of aliphatic carboxylic acids is 1. The Morgan fingerprint density at radius 3 is 3.07 bits per heavy atom. The minimum absolute atomic E-state index is 0.0491. The van der Waals surface area contributed by atoms with Crippen LogP contribution in [0.4, 0.5) is 0 Å². The SMILES string of the molecule is CCC(C)c1cnc(SCC(=O)O)[nH]1. The van der Waals surface area contributed by atoms with Crippen LogP contribution in [0.2, 0.25) is 0 Å². The molecule has 0 fully saturated rings. The van der Waals surface area contributed by atoms with Crippen molar-refractivity contribution < 1.29 is 9.90 Å². The average molecular weight is 214 g/mol. The van der Waals surface area contributed by atoms with E-state index in [4.69, 9.17) is 5.11 Å². The summed E-state index contributed by atoms with van der Waals surface area (Å²) in [7, 11) is 0. The fraction of sp³-hybridized carbons (Fsp3) is 0.556. The first-order chi connectivity index (χ1) is 6.63. The van der Waals surface area contributed by atoms with E-state index in [-0.39, 0.29) is 5.75 Å². The Bertz CT molecular complexity index is 312. The van der Waals surface area contributed by atoms with E-state index in [1.165, 1.54) is 11.8 Å². The van der Waals surface area contributed by atoms with Crippen molar-refractivity contribution >= 4 is 17.7 Å². The maximum absolute atomic E-state index is 10.3. The third-order valence-corrected chi connectivity index (χ3v) is 2.92. The van der Waals surface area contributed by atoms with Crippen molar-refractivity contribution in [2.45, 2.75) is 31.3 Å². The van der Waals surface area contributed by atoms with E-state index in [2.05, 4.69) is 23.8 Å². The molecule has 0 saturated carbocycles. The molecule has 0 aliphatic rings. The van der Waals surface area contributed by atoms with Crippen molar-refractivity contribution in [1.82, 2.24) is 9.97 Å². The third kappa shape index (κ3) is 3.06. The van der Waals surface area contributed by atoms with Gasteiger partial charge in [-0.15, -0.1) is 0 Å². The van der Waals surface area contributed by atoms with Crippen LogP contribution in [0.5, 0.6) is 0 Å². The predicted molar refractivity (Wildman–Crippen MR) is 55.7 cm³/mol. The molecule has 1 aromatic heterocycles. The Morgan fingerprint density at radius 2 is 2.50 bits per heavy atom. The van der Waals surface area contributed by atoms with E-state index < -0.39 is 5.97 Å². The molecule has 0 bridgehead atoms. The van der Waals surface area contributed by atoms with Crippen LogP contribution in [0.1, 0.15) is 31.9 Å². The maximum Gasteiger partial charge on any atom is 0.313 e. The van der Waals surface area contributed by atoms with Crippen molar-refractivity contribution in [3.05, 3.63) is 11.9 Å². The lowest BCUT2D eigenvalue weighted by molar-refractivity contribution is -0.133. The molecule has 1 heterocycles. The second-order valence-electron chi connectivity index (χ2n) is 3.14. The zero-order chi connectivity index (χ0) is 10.6. The van der Waals surface area contributed by atoms with Gasteiger partial charge in [0.2, 0.25) is 0 Å². The van der Waals surface area contributed by atoms with Gasteiger partial charge in [-0.1, -0.05) is 25.6 Å². The summed E-state index contributed by atoms with van der Waals surface area (Å²) in [6.45, 7) is 4.22. The molecule has 1 rings (SSSR count). The van der Waals surface area contributed by atoms with Gasteiger partial charge in [0, 0.05) is 11.9 Å². The normalized spacial score (nSPS) is 12.7. The molecule has 0 aliphatic carbocycles. The molecule has 0 amide bonds. The van der Waals surface area contributed by atoms with Crippen molar-refractivity contribution in [3.63, 3.8) is 0 Å². The maximum atomic E-state index is 10.3. The van der Waals surface area contributed by atoms with E-state index in [0.717, 1.165) is 12.1 Å². The summed E-state index contributed by atoms with van der Waals surface area (Å²) in [5, 5.41) is 9.16. The van der Waals surface area contributed by atoms with E-state index in [9.17, 15) is 4.79 Å². The second-order valence-corrected chi connectivity index (χ2v) is 4.10. The van der Waals surface area contributed by atoms with E-state index >= 15 is 0 Å². The summed E-state index contributed by atoms with van der Waals surface area (Å²) in [6, 6.07) is 0. The van der Waals surface area contributed by atoms with E-state index in [1.54, 1.807) is 6.20 Å². The van der Waals surface area contributed by atoms with Crippen molar-refractivity contribution in [2.24, 2.45) is 0 Å². The Labute approximate surface area is 87.1 Å². The predicted octanol–water partition coefficient (Wildman–Crippen LogP) is 2.10. The highest BCUT2D eigenvalue weighted by molar-refractivity contribution is 7.99. The summed E-state index contributed by atoms with van der Waals surface area (Å²) >= 11 is 1.21. The van der Waals surface area contributed by atoms with Gasteiger partial charge in [-0.3, -0.25) is 4.79 Å². The van der Waals surface area contributed by atoms with Crippen LogP contribution in [0.3, 0.4) is 0 Å². The highest BCUT2D eigenvalue weighted by atomic mass is 32.2. The molecule has 0 radical (unpaired) electrons. The molecule has 1 atom stereocenters. The van der Waals surface area contributed by atoms with Crippen molar-refractivity contribution in [2.75, 3.05) is 5.75 Å². The topological polar surface area (TPSA) is 66.0 Å². The number of aromatic amines is 1. The van der Waals surface area contributed by atoms with E-state index in [0.29, 0.717) is 11.1 Å². The Hall–Kier alpha value is -0.970. The van der Waals surface area contributed by atoms with Crippen LogP contribution in [0.25, 0.3) is 0 Å². The van der Waals surface area contributed by atoms with Crippen LogP contribution in [-0.4, -0.2) is 26.8 Å². The number of rotatable bonds is 5. The largest absolute Gasteiger partial charge is 0.481 e. The first-order valence-corrected chi connectivity index (χ1v) is 5.51. The van der Waals surface area contributed by atoms with Gasteiger partial charge in [-0.05, 0) is 12.3 Å². The van der Waals surface area contributed by atoms with Gasteiger partial charge in [0.1, 0.15) is 0 Å². The molecule has 0 spiro atoms. The number of carbonyl (C=O) groups is 1. The molecule has 1 unspecified atom stereocenters. The molecule has 0 saturated heterocycles. The average Bonchev–Trinajstić information content (AvgIpc) is 2.62. The summed E-state index contributed by atoms with van der Waals surface area (Å²) in [5.74, 6) is -0.328. The van der Waals surface area contributed by atoms with Gasteiger partial charge >= 0.3 is 5.97 Å². The van der Waals surface area contributed by atoms with Gasteiger partial charge in [0.05, 0.1) is 5.75 Å². The van der Waals surface area contributed by atoms with Gasteiger partial charge in [0.25, 0.3) is 0 Å². The van der Waals surface area contributed by atoms with Gasteiger partial charge in [-0.2, -0.15) is 0 Å². The molecule has 1 aromatic rings. The lowest BCUT2D eigenvalue weighted by Gasteiger charge is -2.03. The Morgan fingerprint density at radius 1 is 1.79 bits per heavy atom. The fourth-order valence-corrected chi connectivity index (χ4v) is 1.57. The Kier molecular flexibility index (Phi) is 4.00. The third-order valence-electron chi connectivity index (χ3n) is 2.05. The zero-order valence-corrected chi connectivity index (χ0v) is 9.10. The minimum atomic E-state index is -0.823. The number of carboxylic acid groups (broad SMARTS) is 1. The highest BCUT2D eigenvalue weighted by Crippen LogP contribution is 2.20. The van der Waals surface area contributed by atoms with E-state index in [1.807, 2.05) is 0 Å². The number of nitrogens with zero attached hydrogens (tertiary/aromatic N) is 1. The number of carboxylic acids is 1. The number of hydrogen-bond acceptors (Lipinski definition) is 3. The summed E-state index contributed by atoms with van der Waals surface area (Å²) in [4.78, 5) is 17.5. The van der Waals surface area contributed by atoms with Crippen molar-refractivity contribution in [1.29, 1.82) is 0 Å². The van der Waals surface area contributed by atoms with Gasteiger partial charge in [-0.25, -0.2) is 4.98 Å². The van der Waals surface area contributed by atoms with Crippen LogP contribution in [0, 0.1) is 0 Å². The fourth-order valence-electron chi connectivity index (χ4n) is 0.990. The summed E-state index contributed by atoms with van der Waals surface area (Å²) < 4.78 is 0. The van der Waals surface area contributed by atoms with Crippen LogP contribution < -0.4 is 0 Å². The molecule has 14 heavy (non-hydrogen) atoms. The van der Waals surface area contributed by atoms with Crippen LogP contribution in [-0.2, 0) is 4.79 Å². The first kappa shape index (κ1) is 11.1. The summed E-state index contributed by atoms with van der Waals surface area (Å²) in [6.07, 6.45) is 2.82. The molecule has 0 aromatic carbocycles. The number of thioether (sulfide) groups is 1. The lowest BCUT2D eigenvalue weighted by atomic mass is 10.1.